The van der Waals surface area contributed by atoms with Gasteiger partial charge in [0.15, 0.2) is 0 Å². The Morgan fingerprint density at radius 1 is 1.83 bits per heavy atom. The fourth-order valence-electron chi connectivity index (χ4n) is 0.554. The fourth-order valence-corrected chi connectivity index (χ4v) is 0.554. The molecule has 0 spiro atoms. The molecule has 3 N–H and O–H groups in total. The second kappa shape index (κ2) is 1.21. The Balaban J connectivity index is 2.09. The highest BCUT2D eigenvalue weighted by atomic mass is 15.1. The van der Waals surface area contributed by atoms with Crippen LogP contribution in [0.5, 0.6) is 0 Å². The van der Waals surface area contributed by atoms with Crippen molar-refractivity contribution in [3.63, 3.8) is 0 Å². The minimum absolute atomic E-state index is 0.630. The molecule has 0 amide bonds. The first-order chi connectivity index (χ1) is 2.84. The van der Waals surface area contributed by atoms with Gasteiger partial charge in [-0.2, -0.15) is 0 Å². The number of hydrogen-bond donors (Lipinski definition) is 2. The summed E-state index contributed by atoms with van der Waals surface area (Å²) in [5, 5.41) is 3.16. The molecule has 0 aromatic heterocycles. The van der Waals surface area contributed by atoms with E-state index in [1.165, 1.54) is 0 Å². The molecule has 6 heavy (non-hydrogen) atoms. The van der Waals surface area contributed by atoms with Gasteiger partial charge in [-0.25, -0.2) is 0 Å². The van der Waals surface area contributed by atoms with Crippen LogP contribution in [0.4, 0.5) is 0 Å². The molecule has 2 nitrogen and oxygen atoms in total. The summed E-state index contributed by atoms with van der Waals surface area (Å²) in [6.07, 6.45) is 0. The summed E-state index contributed by atoms with van der Waals surface area (Å²) in [5.74, 6) is 0. The second-order valence-corrected chi connectivity index (χ2v) is 1.80. The number of nitrogens with two attached hydrogens (primary N) is 1. The third-order valence-electron chi connectivity index (χ3n) is 1.23. The molecule has 0 aromatic carbocycles. The first kappa shape index (κ1) is 4.09. The maximum absolute atomic E-state index is 5.26. The lowest BCUT2D eigenvalue weighted by Crippen LogP contribution is -2.09. The minimum Gasteiger partial charge on any atom is -0.329 e. The number of nitrogens with one attached hydrogen (secondary N) is 1. The van der Waals surface area contributed by atoms with Gasteiger partial charge in [0.1, 0.15) is 0 Å². The van der Waals surface area contributed by atoms with Gasteiger partial charge in [-0.05, 0) is 6.92 Å². The van der Waals surface area contributed by atoms with Crippen molar-refractivity contribution in [1.29, 1.82) is 0 Å². The summed E-state index contributed by atoms with van der Waals surface area (Å²) in [7, 11) is 0. The fraction of sp³-hybridized carbons (Fsp3) is 1.00. The van der Waals surface area contributed by atoms with Crippen LogP contribution in [0, 0.1) is 0 Å². The van der Waals surface area contributed by atoms with Gasteiger partial charge >= 0.3 is 0 Å². The van der Waals surface area contributed by atoms with Crippen LogP contribution < -0.4 is 11.1 Å². The maximum atomic E-state index is 5.26. The lowest BCUT2D eigenvalue weighted by molar-refractivity contribution is 0.916. The predicted molar refractivity (Wildman–Crippen MR) is 25.4 cm³/mol. The maximum Gasteiger partial charge on any atom is 0.0344 e. The van der Waals surface area contributed by atoms with E-state index in [0.717, 1.165) is 6.54 Å². The van der Waals surface area contributed by atoms with Crippen molar-refractivity contribution in [2.75, 3.05) is 6.54 Å². The molecule has 1 rings (SSSR count). The molecular formula is C4H10N2. The van der Waals surface area contributed by atoms with Gasteiger partial charge in [0.25, 0.3) is 0 Å². The van der Waals surface area contributed by atoms with E-state index >= 15 is 0 Å². The first-order valence-electron chi connectivity index (χ1n) is 2.30. The lowest BCUT2D eigenvalue weighted by Gasteiger charge is -1.77. The zero-order valence-corrected chi connectivity index (χ0v) is 3.94. The molecule has 1 saturated heterocycles. The molecule has 0 bridgehead atoms. The molecule has 0 radical (unpaired) electrons. The molecule has 1 aliphatic heterocycles. The Hall–Kier alpha value is -0.0800. The minimum atomic E-state index is 0.630. The zero-order chi connectivity index (χ0) is 4.57. The highest BCUT2D eigenvalue weighted by molar-refractivity contribution is 4.94. The highest BCUT2D eigenvalue weighted by Crippen LogP contribution is 2.05. The van der Waals surface area contributed by atoms with E-state index in [0.29, 0.717) is 12.1 Å². The number of hydrogen-bond acceptors (Lipinski definition) is 2. The Bertz CT molecular complexity index is 51.5. The average Bonchev–Trinajstić information content (AvgIpc) is 2.19. The molecule has 1 heterocycles. The van der Waals surface area contributed by atoms with E-state index in [2.05, 4.69) is 12.2 Å². The molecule has 1 aliphatic rings. The Kier molecular flexibility index (Phi) is 0.821. The van der Waals surface area contributed by atoms with Crippen LogP contribution in [0.3, 0.4) is 0 Å². The number of rotatable bonds is 1. The quantitative estimate of drug-likeness (QED) is 0.415. The van der Waals surface area contributed by atoms with Crippen LogP contribution in [0.1, 0.15) is 6.92 Å². The van der Waals surface area contributed by atoms with Gasteiger partial charge in [0, 0.05) is 18.6 Å². The van der Waals surface area contributed by atoms with E-state index in [9.17, 15) is 0 Å². The molecule has 2 heteroatoms. The van der Waals surface area contributed by atoms with E-state index in [1.807, 2.05) is 0 Å². The second-order valence-electron chi connectivity index (χ2n) is 1.80. The van der Waals surface area contributed by atoms with Crippen molar-refractivity contribution in [2.24, 2.45) is 5.73 Å². The molecule has 0 saturated carbocycles. The summed E-state index contributed by atoms with van der Waals surface area (Å²) in [4.78, 5) is 0. The monoisotopic (exact) mass is 86.1 g/mol. The van der Waals surface area contributed by atoms with E-state index in [4.69, 9.17) is 5.73 Å². The molecule has 2 unspecified atom stereocenters. The van der Waals surface area contributed by atoms with Crippen molar-refractivity contribution in [3.05, 3.63) is 0 Å². The van der Waals surface area contributed by atoms with Crippen molar-refractivity contribution < 1.29 is 0 Å². The van der Waals surface area contributed by atoms with Gasteiger partial charge in [0.2, 0.25) is 0 Å². The van der Waals surface area contributed by atoms with E-state index in [-0.39, 0.29) is 0 Å². The van der Waals surface area contributed by atoms with Gasteiger partial charge in [-0.1, -0.05) is 0 Å². The largest absolute Gasteiger partial charge is 0.329 e. The third-order valence-corrected chi connectivity index (χ3v) is 1.23. The third kappa shape index (κ3) is 0.533. The molecule has 2 atom stereocenters. The molecule has 0 aliphatic carbocycles. The molecule has 1 fully saturated rings. The lowest BCUT2D eigenvalue weighted by atomic mass is 10.3. The first-order valence-corrected chi connectivity index (χ1v) is 2.30. The van der Waals surface area contributed by atoms with Crippen LogP contribution in [-0.4, -0.2) is 18.6 Å². The predicted octanol–water partition coefficient (Wildman–Crippen LogP) is -0.695. The summed E-state index contributed by atoms with van der Waals surface area (Å²) in [5.41, 5.74) is 5.26. The topological polar surface area (TPSA) is 48.0 Å². The molecule has 36 valence electrons. The highest BCUT2D eigenvalue weighted by Gasteiger charge is 2.28. The Morgan fingerprint density at radius 2 is 2.33 bits per heavy atom. The van der Waals surface area contributed by atoms with Crippen LogP contribution in [0.25, 0.3) is 0 Å². The van der Waals surface area contributed by atoms with Gasteiger partial charge in [-0.15, -0.1) is 0 Å². The summed E-state index contributed by atoms with van der Waals surface area (Å²) < 4.78 is 0. The van der Waals surface area contributed by atoms with Gasteiger partial charge < -0.3 is 11.1 Å². The Labute approximate surface area is 37.7 Å². The standard InChI is InChI=1S/C4H10N2/c1-3-4(2-5)6-3/h3-4,6H,2,5H2,1H3. The SMILES string of the molecule is CC1NC1CN. The Morgan fingerprint density at radius 3 is 2.33 bits per heavy atom. The van der Waals surface area contributed by atoms with Gasteiger partial charge in [-0.3, -0.25) is 0 Å². The van der Waals surface area contributed by atoms with Crippen molar-refractivity contribution in [2.45, 2.75) is 19.0 Å². The van der Waals surface area contributed by atoms with Crippen LogP contribution in [0.2, 0.25) is 0 Å². The van der Waals surface area contributed by atoms with Crippen LogP contribution in [-0.2, 0) is 0 Å². The van der Waals surface area contributed by atoms with Crippen molar-refractivity contribution in [3.8, 4) is 0 Å². The van der Waals surface area contributed by atoms with Crippen molar-refractivity contribution >= 4 is 0 Å². The summed E-state index contributed by atoms with van der Waals surface area (Å²) in [6.45, 7) is 2.93. The van der Waals surface area contributed by atoms with E-state index < -0.39 is 0 Å². The van der Waals surface area contributed by atoms with E-state index in [1.54, 1.807) is 0 Å². The van der Waals surface area contributed by atoms with Gasteiger partial charge in [0.05, 0.1) is 0 Å². The summed E-state index contributed by atoms with van der Waals surface area (Å²) in [6, 6.07) is 1.32. The smallest absolute Gasteiger partial charge is 0.0344 e. The van der Waals surface area contributed by atoms with Crippen molar-refractivity contribution in [1.82, 2.24) is 5.32 Å². The zero-order valence-electron chi connectivity index (χ0n) is 3.94. The average molecular weight is 86.1 g/mol. The van der Waals surface area contributed by atoms with Crippen LogP contribution >= 0.6 is 0 Å². The normalized spacial score (nSPS) is 43.0. The molecular weight excluding hydrogens is 76.1 g/mol. The summed E-state index contributed by atoms with van der Waals surface area (Å²) >= 11 is 0. The molecule has 0 aromatic rings. The van der Waals surface area contributed by atoms with Crippen LogP contribution in [0.15, 0.2) is 0 Å².